The average Bonchev–Trinajstić information content (AvgIpc) is 2.55. The zero-order valence-electron chi connectivity index (χ0n) is 13.1. The average molecular weight is 328 g/mol. The monoisotopic (exact) mass is 328 g/mol. The van der Waals surface area contributed by atoms with Gasteiger partial charge in [0.1, 0.15) is 12.1 Å². The molecule has 6 heteroatoms. The first-order valence-electron chi connectivity index (χ1n) is 7.52. The van der Waals surface area contributed by atoms with Gasteiger partial charge >= 0.3 is 11.9 Å². The maximum Gasteiger partial charge on any atom is 0.320 e. The highest BCUT2D eigenvalue weighted by molar-refractivity contribution is 5.74. The summed E-state index contributed by atoms with van der Waals surface area (Å²) >= 11 is 0. The fourth-order valence-corrected chi connectivity index (χ4v) is 2.44. The summed E-state index contributed by atoms with van der Waals surface area (Å²) < 4.78 is 0. The van der Waals surface area contributed by atoms with Gasteiger partial charge in [0.15, 0.2) is 0 Å². The molecule has 0 saturated carbocycles. The van der Waals surface area contributed by atoms with Gasteiger partial charge in [0.2, 0.25) is 0 Å². The molecule has 0 heterocycles. The molecule has 0 fully saturated rings. The topological polar surface area (TPSA) is 127 Å². The highest BCUT2D eigenvalue weighted by Gasteiger charge is 2.14. The van der Waals surface area contributed by atoms with Crippen LogP contribution in [0.15, 0.2) is 48.5 Å². The number of nitrogens with two attached hydrogens (primary N) is 2. The SMILES string of the molecule is NC(Cc1cccc(-c2cccc(CC(N)C(=O)O)c2)c1)C(=O)O. The van der Waals surface area contributed by atoms with Crippen molar-refractivity contribution >= 4 is 11.9 Å². The predicted octanol–water partition coefficient (Wildman–Crippen LogP) is 1.26. The van der Waals surface area contributed by atoms with Gasteiger partial charge in [-0.1, -0.05) is 48.5 Å². The molecule has 24 heavy (non-hydrogen) atoms. The minimum atomic E-state index is -1.04. The summed E-state index contributed by atoms with van der Waals surface area (Å²) in [7, 11) is 0. The highest BCUT2D eigenvalue weighted by atomic mass is 16.4. The molecule has 0 aliphatic carbocycles. The van der Waals surface area contributed by atoms with Crippen molar-refractivity contribution < 1.29 is 19.8 Å². The molecule has 2 rings (SSSR count). The Bertz CT molecular complexity index is 682. The lowest BCUT2D eigenvalue weighted by Gasteiger charge is -2.11. The zero-order chi connectivity index (χ0) is 17.7. The third-order valence-electron chi connectivity index (χ3n) is 3.73. The van der Waals surface area contributed by atoms with Crippen molar-refractivity contribution in [2.24, 2.45) is 11.5 Å². The highest BCUT2D eigenvalue weighted by Crippen LogP contribution is 2.22. The fourth-order valence-electron chi connectivity index (χ4n) is 2.44. The first-order valence-corrected chi connectivity index (χ1v) is 7.52. The van der Waals surface area contributed by atoms with E-state index in [1.54, 1.807) is 0 Å². The summed E-state index contributed by atoms with van der Waals surface area (Å²) in [5, 5.41) is 17.8. The second-order valence-corrected chi connectivity index (χ2v) is 5.70. The maximum absolute atomic E-state index is 10.9. The third kappa shape index (κ3) is 4.65. The van der Waals surface area contributed by atoms with Gasteiger partial charge in [-0.2, -0.15) is 0 Å². The lowest BCUT2D eigenvalue weighted by Crippen LogP contribution is -2.32. The molecule has 126 valence electrons. The Kier molecular flexibility index (Phi) is 5.68. The number of aliphatic carboxylic acids is 2. The third-order valence-corrected chi connectivity index (χ3v) is 3.73. The van der Waals surface area contributed by atoms with Gasteiger partial charge in [-0.3, -0.25) is 9.59 Å². The molecule has 0 aliphatic heterocycles. The van der Waals surface area contributed by atoms with E-state index in [9.17, 15) is 9.59 Å². The molecule has 0 aliphatic rings. The van der Waals surface area contributed by atoms with Crippen LogP contribution in [0.3, 0.4) is 0 Å². The molecule has 6 nitrogen and oxygen atoms in total. The molecule has 0 radical (unpaired) electrons. The Morgan fingerprint density at radius 2 is 1.17 bits per heavy atom. The Labute approximate surface area is 139 Å². The van der Waals surface area contributed by atoms with E-state index in [1.165, 1.54) is 0 Å². The van der Waals surface area contributed by atoms with Crippen molar-refractivity contribution in [3.8, 4) is 11.1 Å². The van der Waals surface area contributed by atoms with E-state index in [0.29, 0.717) is 0 Å². The van der Waals surface area contributed by atoms with Crippen molar-refractivity contribution in [3.63, 3.8) is 0 Å². The number of hydrogen-bond donors (Lipinski definition) is 4. The minimum Gasteiger partial charge on any atom is -0.480 e. The van der Waals surface area contributed by atoms with Gasteiger partial charge in [-0.25, -0.2) is 0 Å². The Morgan fingerprint density at radius 1 is 0.792 bits per heavy atom. The summed E-state index contributed by atoms with van der Waals surface area (Å²) in [5.74, 6) is -2.07. The van der Waals surface area contributed by atoms with Gasteiger partial charge < -0.3 is 21.7 Å². The Morgan fingerprint density at radius 3 is 1.50 bits per heavy atom. The van der Waals surface area contributed by atoms with Crippen LogP contribution >= 0.6 is 0 Å². The van der Waals surface area contributed by atoms with Crippen LogP contribution in [0.5, 0.6) is 0 Å². The second-order valence-electron chi connectivity index (χ2n) is 5.70. The van der Waals surface area contributed by atoms with Crippen molar-refractivity contribution in [2.75, 3.05) is 0 Å². The summed E-state index contributed by atoms with van der Waals surface area (Å²) in [6, 6.07) is 13.0. The number of hydrogen-bond acceptors (Lipinski definition) is 4. The summed E-state index contributed by atoms with van der Waals surface area (Å²) in [6.07, 6.45) is 0.486. The van der Waals surface area contributed by atoms with Crippen molar-refractivity contribution in [2.45, 2.75) is 24.9 Å². The van der Waals surface area contributed by atoms with Crippen molar-refractivity contribution in [1.82, 2.24) is 0 Å². The van der Waals surface area contributed by atoms with Gasteiger partial charge in [0.05, 0.1) is 0 Å². The molecule has 0 amide bonds. The largest absolute Gasteiger partial charge is 0.480 e. The molecule has 2 unspecified atom stereocenters. The lowest BCUT2D eigenvalue weighted by molar-refractivity contribution is -0.139. The fraction of sp³-hybridized carbons (Fsp3) is 0.222. The molecule has 0 bridgehead atoms. The zero-order valence-corrected chi connectivity index (χ0v) is 13.1. The molecule has 2 aromatic rings. The lowest BCUT2D eigenvalue weighted by atomic mass is 9.97. The number of rotatable bonds is 7. The molecular formula is C18H20N2O4. The van der Waals surface area contributed by atoms with Crippen LogP contribution in [0.4, 0.5) is 0 Å². The smallest absolute Gasteiger partial charge is 0.320 e. The summed E-state index contributed by atoms with van der Waals surface area (Å²) in [4.78, 5) is 21.8. The van der Waals surface area contributed by atoms with E-state index in [2.05, 4.69) is 0 Å². The van der Waals surface area contributed by atoms with Gasteiger partial charge in [0.25, 0.3) is 0 Å². The van der Waals surface area contributed by atoms with E-state index in [-0.39, 0.29) is 12.8 Å². The molecular weight excluding hydrogens is 308 g/mol. The van der Waals surface area contributed by atoms with Crippen LogP contribution in [0.25, 0.3) is 11.1 Å². The van der Waals surface area contributed by atoms with Gasteiger partial charge in [0, 0.05) is 0 Å². The van der Waals surface area contributed by atoms with Crippen LogP contribution in [0, 0.1) is 0 Å². The first-order chi connectivity index (χ1) is 11.4. The van der Waals surface area contributed by atoms with Gasteiger partial charge in [-0.15, -0.1) is 0 Å². The van der Waals surface area contributed by atoms with Crippen LogP contribution < -0.4 is 11.5 Å². The molecule has 2 atom stereocenters. The first kappa shape index (κ1) is 17.7. The van der Waals surface area contributed by atoms with Crippen LogP contribution in [0.2, 0.25) is 0 Å². The van der Waals surface area contributed by atoms with Crippen molar-refractivity contribution in [3.05, 3.63) is 59.7 Å². The van der Waals surface area contributed by atoms with E-state index in [0.717, 1.165) is 22.3 Å². The normalized spacial score (nSPS) is 13.2. The Hall–Kier alpha value is -2.70. The number of carbonyl (C=O) groups is 2. The quantitative estimate of drug-likeness (QED) is 0.606. The standard InChI is InChI=1S/C18H20N2O4/c19-15(17(21)22)9-11-3-1-5-13(7-11)14-6-2-4-12(8-14)10-16(20)18(23)24/h1-8,15-16H,9-10,19-20H2,(H,21,22)(H,23,24). The van der Waals surface area contributed by atoms with E-state index >= 15 is 0 Å². The second kappa shape index (κ2) is 7.72. The van der Waals surface area contributed by atoms with E-state index < -0.39 is 24.0 Å². The maximum atomic E-state index is 10.9. The Balaban J connectivity index is 2.22. The molecule has 2 aromatic carbocycles. The van der Waals surface area contributed by atoms with Gasteiger partial charge in [-0.05, 0) is 35.1 Å². The summed E-state index contributed by atoms with van der Waals surface area (Å²) in [6.45, 7) is 0. The predicted molar refractivity (Wildman–Crippen MR) is 90.5 cm³/mol. The van der Waals surface area contributed by atoms with Crippen LogP contribution in [-0.2, 0) is 22.4 Å². The molecule has 0 aromatic heterocycles. The van der Waals surface area contributed by atoms with Crippen LogP contribution in [-0.4, -0.2) is 34.2 Å². The van der Waals surface area contributed by atoms with E-state index in [4.69, 9.17) is 21.7 Å². The molecule has 6 N–H and O–H groups in total. The summed E-state index contributed by atoms with van der Waals surface area (Å²) in [5.41, 5.74) is 14.6. The molecule has 0 saturated heterocycles. The number of carboxylic acids is 2. The van der Waals surface area contributed by atoms with Crippen LogP contribution in [0.1, 0.15) is 11.1 Å². The molecule has 0 spiro atoms. The van der Waals surface area contributed by atoms with Crippen molar-refractivity contribution in [1.29, 1.82) is 0 Å². The minimum absolute atomic E-state index is 0.243. The number of benzene rings is 2. The van der Waals surface area contributed by atoms with E-state index in [1.807, 2.05) is 48.5 Å². The number of carboxylic acid groups (broad SMARTS) is 2.